The molecule has 0 bridgehead atoms. The van der Waals surface area contributed by atoms with Gasteiger partial charge in [-0.2, -0.15) is 0 Å². The lowest BCUT2D eigenvalue weighted by Crippen LogP contribution is -2.57. The number of hydrogen-bond acceptors (Lipinski definition) is 14. The number of phenols is 1. The second kappa shape index (κ2) is 26.6. The highest BCUT2D eigenvalue weighted by atomic mass is 16.6. The number of pyridine rings is 1. The van der Waals surface area contributed by atoms with E-state index in [4.69, 9.17) is 22.9 Å². The molecule has 8 amide bonds. The lowest BCUT2D eigenvalue weighted by Gasteiger charge is -2.24. The number of phenolic OH excluding ortho intramolecular Hbond substituents is 1. The zero-order valence-corrected chi connectivity index (χ0v) is 34.0. The Labute approximate surface area is 355 Å². The van der Waals surface area contributed by atoms with Crippen LogP contribution in [-0.4, -0.2) is 125 Å². The maximum Gasteiger partial charge on any atom is 0.310 e. The first-order chi connectivity index (χ1) is 29.4. The molecule has 4 atom stereocenters. The molecule has 62 heavy (non-hydrogen) atoms. The molecule has 1 aromatic carbocycles. The highest BCUT2D eigenvalue weighted by molar-refractivity contribution is 5.95. The Morgan fingerprint density at radius 2 is 1.35 bits per heavy atom. The number of aromatic hydroxyl groups is 1. The van der Waals surface area contributed by atoms with Crippen LogP contribution >= 0.6 is 0 Å². The predicted molar refractivity (Wildman–Crippen MR) is 221 cm³/mol. The van der Waals surface area contributed by atoms with Gasteiger partial charge in [0.1, 0.15) is 24.2 Å². The number of nitrogens with one attached hydrogen (secondary N) is 7. The third-order valence-corrected chi connectivity index (χ3v) is 8.66. The fourth-order valence-electron chi connectivity index (χ4n) is 5.61. The van der Waals surface area contributed by atoms with E-state index in [0.29, 0.717) is 31.5 Å². The number of unbranched alkanes of at least 4 members (excludes halogenated alkanes) is 1. The zero-order valence-electron chi connectivity index (χ0n) is 34.0. The Hall–Kier alpha value is -7.44. The van der Waals surface area contributed by atoms with E-state index in [9.17, 15) is 53.6 Å². The van der Waals surface area contributed by atoms with Crippen LogP contribution in [0.15, 0.2) is 47.6 Å². The molecule has 25 nitrogen and oxygen atoms in total. The molecule has 0 unspecified atom stereocenters. The number of nitrogens with two attached hydrogens (primary N) is 4. The van der Waals surface area contributed by atoms with Crippen LogP contribution in [0.4, 0.5) is 5.69 Å². The Bertz CT molecular complexity index is 1930. The van der Waals surface area contributed by atoms with Gasteiger partial charge < -0.3 is 65.3 Å². The molecule has 0 aliphatic rings. The number of guanidine groups is 1. The third-order valence-electron chi connectivity index (χ3n) is 8.66. The average molecular weight is 871 g/mol. The quantitative estimate of drug-likeness (QED) is 0.0132. The van der Waals surface area contributed by atoms with Crippen LogP contribution in [0.5, 0.6) is 5.75 Å². The van der Waals surface area contributed by atoms with Crippen LogP contribution < -0.4 is 60.2 Å². The van der Waals surface area contributed by atoms with Crippen molar-refractivity contribution < 1.29 is 48.4 Å². The van der Waals surface area contributed by atoms with E-state index in [1.807, 2.05) is 0 Å². The number of carbonyl (C=O) groups is 8. The summed E-state index contributed by atoms with van der Waals surface area (Å²) in [6.45, 7) is -0.213. The standard InChI is InChI=1S/C37H54N14O11/c1-21(52)47-25(9-6-14-43-37(40)41)34(58)46-20-32(56)49-27(17-23-7-3-5-13-42-23)36(60)50-26(15-22-10-11-29(53)28(16-22)51(61)62)35(59)45-18-30(54)44-19-31(55)48-24(33(39)57)8-2-4-12-38/h3,5,7,10-11,13,16,24-27,53H,2,4,6,8-9,12,14-15,17-20,38H2,1H3,(H2,39,57)(H,44,54)(H,45,59)(H,46,58)(H,47,52)(H,48,55)(H,49,56)(H,50,60)(H4,40,41,43)/t24-,25-,26-,27-/m0/s1. The SMILES string of the molecule is CC(=O)N[C@@H](CCCN=C(N)N)C(=O)NCC(=O)N[C@@H](Cc1ccccn1)C(=O)N[C@@H](Cc1ccc(O)c([N+](=O)[O-])c1)C(=O)NCC(=O)NCC(=O)N[C@@H](CCCCN)C(N)=O. The highest BCUT2D eigenvalue weighted by Crippen LogP contribution is 2.26. The van der Waals surface area contributed by atoms with Crippen molar-refractivity contribution in [2.75, 3.05) is 32.7 Å². The number of rotatable bonds is 27. The minimum atomic E-state index is -1.56. The molecular formula is C37H54N14O11. The third kappa shape index (κ3) is 19.5. The summed E-state index contributed by atoms with van der Waals surface area (Å²) < 4.78 is 0. The molecular weight excluding hydrogens is 816 g/mol. The number of amides is 8. The number of aliphatic imine (C=N–C) groups is 1. The second-order valence-corrected chi connectivity index (χ2v) is 13.7. The number of hydrogen-bond donors (Lipinski definition) is 12. The maximum atomic E-state index is 13.9. The van der Waals surface area contributed by atoms with Crippen molar-refractivity contribution in [1.29, 1.82) is 0 Å². The summed E-state index contributed by atoms with van der Waals surface area (Å²) in [5.74, 6) is -7.21. The molecule has 2 rings (SSSR count). The number of nitrogens with zero attached hydrogens (tertiary/aromatic N) is 3. The van der Waals surface area contributed by atoms with Crippen LogP contribution in [0.1, 0.15) is 50.3 Å². The summed E-state index contributed by atoms with van der Waals surface area (Å²) in [7, 11) is 0. The van der Waals surface area contributed by atoms with Crippen molar-refractivity contribution in [2.45, 2.75) is 76.0 Å². The van der Waals surface area contributed by atoms with Crippen LogP contribution in [0, 0.1) is 10.1 Å². The molecule has 0 fully saturated rings. The van der Waals surface area contributed by atoms with Gasteiger partial charge in [0.05, 0.1) is 24.6 Å². The fourth-order valence-corrected chi connectivity index (χ4v) is 5.61. The number of nitro groups is 1. The van der Waals surface area contributed by atoms with Gasteiger partial charge in [0.25, 0.3) is 0 Å². The molecule has 2 aromatic rings. The summed E-state index contributed by atoms with van der Waals surface area (Å²) in [4.78, 5) is 121. The smallest absolute Gasteiger partial charge is 0.310 e. The minimum absolute atomic E-state index is 0.103. The van der Waals surface area contributed by atoms with Gasteiger partial charge in [0.15, 0.2) is 11.7 Å². The number of primary amides is 1. The van der Waals surface area contributed by atoms with Gasteiger partial charge in [-0.25, -0.2) is 0 Å². The lowest BCUT2D eigenvalue weighted by molar-refractivity contribution is -0.385. The molecule has 0 spiro atoms. The first-order valence-electron chi connectivity index (χ1n) is 19.3. The van der Waals surface area contributed by atoms with Crippen LogP contribution in [0.3, 0.4) is 0 Å². The van der Waals surface area contributed by atoms with Crippen LogP contribution in [0.2, 0.25) is 0 Å². The van der Waals surface area contributed by atoms with Gasteiger partial charge in [-0.1, -0.05) is 12.1 Å². The van der Waals surface area contributed by atoms with Gasteiger partial charge >= 0.3 is 5.69 Å². The van der Waals surface area contributed by atoms with Gasteiger partial charge in [-0.3, -0.25) is 58.4 Å². The van der Waals surface area contributed by atoms with E-state index in [0.717, 1.165) is 12.1 Å². The van der Waals surface area contributed by atoms with Gasteiger partial charge in [-0.05, 0) is 62.4 Å². The van der Waals surface area contributed by atoms with Crippen molar-refractivity contribution in [3.63, 3.8) is 0 Å². The lowest BCUT2D eigenvalue weighted by atomic mass is 10.0. The minimum Gasteiger partial charge on any atom is -0.502 e. The Balaban J connectivity index is 2.25. The van der Waals surface area contributed by atoms with Gasteiger partial charge in [0.2, 0.25) is 47.3 Å². The first kappa shape index (κ1) is 50.7. The van der Waals surface area contributed by atoms with Gasteiger partial charge in [0, 0.05) is 44.3 Å². The van der Waals surface area contributed by atoms with E-state index in [-0.39, 0.29) is 37.3 Å². The fraction of sp³-hybridized carbons (Fsp3) is 0.459. The van der Waals surface area contributed by atoms with Crippen LogP contribution in [0.25, 0.3) is 0 Å². The molecule has 0 saturated carbocycles. The predicted octanol–water partition coefficient (Wildman–Crippen LogP) is -4.54. The molecule has 0 radical (unpaired) electrons. The van der Waals surface area contributed by atoms with Gasteiger partial charge in [-0.15, -0.1) is 0 Å². The Morgan fingerprint density at radius 3 is 1.95 bits per heavy atom. The summed E-state index contributed by atoms with van der Waals surface area (Å²) in [6.07, 6.45) is 2.54. The molecule has 0 saturated heterocycles. The summed E-state index contributed by atoms with van der Waals surface area (Å²) in [6, 6.07) is 2.99. The van der Waals surface area contributed by atoms with Crippen molar-refractivity contribution >= 4 is 58.9 Å². The number of nitro benzene ring substituents is 1. The highest BCUT2D eigenvalue weighted by Gasteiger charge is 2.29. The van der Waals surface area contributed by atoms with Crippen molar-refractivity contribution in [3.05, 3.63) is 64.0 Å². The number of carbonyl (C=O) groups excluding carboxylic acids is 8. The number of benzene rings is 1. The summed E-state index contributed by atoms with van der Waals surface area (Å²) in [5.41, 5.74) is 21.2. The molecule has 1 aromatic heterocycles. The van der Waals surface area contributed by atoms with Crippen molar-refractivity contribution in [1.82, 2.24) is 42.2 Å². The molecule has 0 aliphatic carbocycles. The molecule has 1 heterocycles. The summed E-state index contributed by atoms with van der Waals surface area (Å²) >= 11 is 0. The largest absolute Gasteiger partial charge is 0.502 e. The Morgan fingerprint density at radius 1 is 0.742 bits per heavy atom. The second-order valence-electron chi connectivity index (χ2n) is 13.7. The van der Waals surface area contributed by atoms with E-state index in [1.54, 1.807) is 18.2 Å². The summed E-state index contributed by atoms with van der Waals surface area (Å²) in [5, 5.41) is 38.4. The van der Waals surface area contributed by atoms with E-state index >= 15 is 0 Å². The maximum absolute atomic E-state index is 13.9. The molecule has 0 aliphatic heterocycles. The average Bonchev–Trinajstić information content (AvgIpc) is 3.21. The van der Waals surface area contributed by atoms with Crippen molar-refractivity contribution in [2.24, 2.45) is 27.9 Å². The van der Waals surface area contributed by atoms with E-state index in [1.165, 1.54) is 19.2 Å². The number of aromatic nitrogens is 1. The van der Waals surface area contributed by atoms with E-state index in [2.05, 4.69) is 47.2 Å². The molecule has 16 N–H and O–H groups in total. The molecule has 25 heteroatoms. The Kier molecular flexibility index (Phi) is 21.8. The normalized spacial score (nSPS) is 12.5. The zero-order chi connectivity index (χ0) is 46.2. The van der Waals surface area contributed by atoms with Crippen molar-refractivity contribution in [3.8, 4) is 5.75 Å². The monoisotopic (exact) mass is 870 g/mol. The van der Waals surface area contributed by atoms with E-state index < -0.39 is 114 Å². The first-order valence-corrected chi connectivity index (χ1v) is 19.3. The van der Waals surface area contributed by atoms with Crippen LogP contribution in [-0.2, 0) is 51.2 Å². The topological polar surface area (TPSA) is 413 Å². The molecule has 338 valence electrons.